The van der Waals surface area contributed by atoms with Crippen molar-refractivity contribution in [2.24, 2.45) is 0 Å². The van der Waals surface area contributed by atoms with Gasteiger partial charge in [-0.2, -0.15) is 0 Å². The van der Waals surface area contributed by atoms with Crippen molar-refractivity contribution in [1.82, 2.24) is 4.98 Å². The number of nitrogens with zero attached hydrogens (tertiary/aromatic N) is 1. The van der Waals surface area contributed by atoms with Gasteiger partial charge in [0.05, 0.1) is 15.2 Å². The molecule has 3 aromatic rings. The number of rotatable bonds is 2. The third-order valence-corrected chi connectivity index (χ3v) is 3.74. The molecule has 94 valence electrons. The number of nitrogens with one attached hydrogen (secondary N) is 1. The van der Waals surface area contributed by atoms with E-state index in [1.165, 1.54) is 0 Å². The number of anilines is 1. The number of thiazole rings is 1. The van der Waals surface area contributed by atoms with Gasteiger partial charge in [-0.05, 0) is 37.3 Å². The van der Waals surface area contributed by atoms with Gasteiger partial charge in [0.15, 0.2) is 0 Å². The van der Waals surface area contributed by atoms with Crippen LogP contribution in [-0.2, 0) is 0 Å². The molecule has 4 heteroatoms. The Morgan fingerprint density at radius 2 is 1.95 bits per heavy atom. The Kier molecular flexibility index (Phi) is 3.01. The zero-order chi connectivity index (χ0) is 13.2. The molecule has 0 unspecified atom stereocenters. The predicted octanol–water partition coefficient (Wildman–Crippen LogP) is 3.86. The van der Waals surface area contributed by atoms with Crippen LogP contribution in [0.25, 0.3) is 10.2 Å². The highest BCUT2D eigenvalue weighted by Gasteiger charge is 2.08. The van der Waals surface area contributed by atoms with Crippen LogP contribution in [0.15, 0.2) is 48.5 Å². The fraction of sp³-hybridized carbons (Fsp3) is 0.0667. The second kappa shape index (κ2) is 4.82. The quantitative estimate of drug-likeness (QED) is 0.767. The summed E-state index contributed by atoms with van der Waals surface area (Å²) in [7, 11) is 0. The number of para-hydroxylation sites is 1. The lowest BCUT2D eigenvalue weighted by molar-refractivity contribution is 0.102. The van der Waals surface area contributed by atoms with Crippen molar-refractivity contribution in [3.63, 3.8) is 0 Å². The van der Waals surface area contributed by atoms with E-state index in [1.54, 1.807) is 11.3 Å². The maximum Gasteiger partial charge on any atom is 0.255 e. The van der Waals surface area contributed by atoms with Crippen LogP contribution in [0.3, 0.4) is 0 Å². The van der Waals surface area contributed by atoms with E-state index in [0.29, 0.717) is 5.56 Å². The number of aryl methyl sites for hydroxylation is 1. The monoisotopic (exact) mass is 268 g/mol. The largest absolute Gasteiger partial charge is 0.322 e. The van der Waals surface area contributed by atoms with Crippen molar-refractivity contribution < 1.29 is 4.79 Å². The average Bonchev–Trinajstić information content (AvgIpc) is 2.78. The molecule has 1 amide bonds. The number of hydrogen-bond donors (Lipinski definition) is 1. The summed E-state index contributed by atoms with van der Waals surface area (Å²) < 4.78 is 1.11. The summed E-state index contributed by atoms with van der Waals surface area (Å²) >= 11 is 1.63. The van der Waals surface area contributed by atoms with Gasteiger partial charge in [0.2, 0.25) is 0 Å². The SMILES string of the molecule is Cc1nc2cc(C(=O)Nc3ccccc3)ccc2s1. The zero-order valence-electron chi connectivity index (χ0n) is 10.4. The van der Waals surface area contributed by atoms with Gasteiger partial charge in [-0.3, -0.25) is 4.79 Å². The van der Waals surface area contributed by atoms with Crippen molar-refractivity contribution in [3.8, 4) is 0 Å². The van der Waals surface area contributed by atoms with Gasteiger partial charge in [0.25, 0.3) is 5.91 Å². The molecule has 3 nitrogen and oxygen atoms in total. The number of benzene rings is 2. The highest BCUT2D eigenvalue weighted by atomic mass is 32.1. The number of aromatic nitrogens is 1. The lowest BCUT2D eigenvalue weighted by atomic mass is 10.2. The Morgan fingerprint density at radius 3 is 2.74 bits per heavy atom. The maximum atomic E-state index is 12.1. The molecular weight excluding hydrogens is 256 g/mol. The van der Waals surface area contributed by atoms with Crippen LogP contribution in [0.5, 0.6) is 0 Å². The zero-order valence-corrected chi connectivity index (χ0v) is 11.2. The molecular formula is C15H12N2OS. The molecule has 0 aliphatic heterocycles. The lowest BCUT2D eigenvalue weighted by Crippen LogP contribution is -2.11. The number of hydrogen-bond acceptors (Lipinski definition) is 3. The van der Waals surface area contributed by atoms with Crippen LogP contribution in [0.2, 0.25) is 0 Å². The van der Waals surface area contributed by atoms with Gasteiger partial charge >= 0.3 is 0 Å². The number of amides is 1. The van der Waals surface area contributed by atoms with E-state index in [4.69, 9.17) is 0 Å². The van der Waals surface area contributed by atoms with E-state index in [2.05, 4.69) is 10.3 Å². The molecule has 0 radical (unpaired) electrons. The summed E-state index contributed by atoms with van der Waals surface area (Å²) in [6, 6.07) is 15.0. The molecule has 0 saturated heterocycles. The summed E-state index contributed by atoms with van der Waals surface area (Å²) in [5.41, 5.74) is 2.30. The van der Waals surface area contributed by atoms with Gasteiger partial charge in [-0.1, -0.05) is 18.2 Å². The van der Waals surface area contributed by atoms with E-state index >= 15 is 0 Å². The summed E-state index contributed by atoms with van der Waals surface area (Å²) in [5, 5.41) is 3.88. The Hall–Kier alpha value is -2.20. The van der Waals surface area contributed by atoms with Gasteiger partial charge < -0.3 is 5.32 Å². The first kappa shape index (κ1) is 11.9. The normalized spacial score (nSPS) is 10.6. The Balaban J connectivity index is 1.89. The van der Waals surface area contributed by atoms with Crippen molar-refractivity contribution >= 4 is 33.1 Å². The standard InChI is InChI=1S/C15H12N2OS/c1-10-16-13-9-11(7-8-14(13)19-10)15(18)17-12-5-3-2-4-6-12/h2-9H,1H3,(H,17,18). The van der Waals surface area contributed by atoms with Crippen LogP contribution >= 0.6 is 11.3 Å². The van der Waals surface area contributed by atoms with Gasteiger partial charge in [-0.15, -0.1) is 11.3 Å². The summed E-state index contributed by atoms with van der Waals surface area (Å²) in [6.45, 7) is 1.97. The highest BCUT2D eigenvalue weighted by molar-refractivity contribution is 7.18. The second-order valence-electron chi connectivity index (χ2n) is 4.24. The lowest BCUT2D eigenvalue weighted by Gasteiger charge is -2.04. The fourth-order valence-electron chi connectivity index (χ4n) is 1.91. The summed E-state index contributed by atoms with van der Waals surface area (Å²) in [4.78, 5) is 16.5. The van der Waals surface area contributed by atoms with E-state index < -0.39 is 0 Å². The molecule has 0 aliphatic rings. The molecule has 2 aromatic carbocycles. The number of carbonyl (C=O) groups is 1. The highest BCUT2D eigenvalue weighted by Crippen LogP contribution is 2.22. The Labute approximate surface area is 114 Å². The molecule has 0 bridgehead atoms. The van der Waals surface area contributed by atoms with E-state index in [0.717, 1.165) is 20.9 Å². The molecule has 3 rings (SSSR count). The summed E-state index contributed by atoms with van der Waals surface area (Å²) in [6.07, 6.45) is 0. The maximum absolute atomic E-state index is 12.1. The molecule has 0 spiro atoms. The summed E-state index contributed by atoms with van der Waals surface area (Å²) in [5.74, 6) is -0.112. The van der Waals surface area contributed by atoms with Crippen LogP contribution in [0.4, 0.5) is 5.69 Å². The van der Waals surface area contributed by atoms with Crippen molar-refractivity contribution in [2.45, 2.75) is 6.92 Å². The Morgan fingerprint density at radius 1 is 1.16 bits per heavy atom. The minimum atomic E-state index is -0.112. The third-order valence-electron chi connectivity index (χ3n) is 2.79. The molecule has 0 fully saturated rings. The topological polar surface area (TPSA) is 42.0 Å². The van der Waals surface area contributed by atoms with Gasteiger partial charge in [0.1, 0.15) is 0 Å². The smallest absolute Gasteiger partial charge is 0.255 e. The van der Waals surface area contributed by atoms with Crippen molar-refractivity contribution in [2.75, 3.05) is 5.32 Å². The third kappa shape index (κ3) is 2.48. The van der Waals surface area contributed by atoms with E-state index in [-0.39, 0.29) is 5.91 Å². The molecule has 0 atom stereocenters. The molecule has 1 N–H and O–H groups in total. The Bertz CT molecular complexity index is 734. The first-order valence-electron chi connectivity index (χ1n) is 5.96. The van der Waals surface area contributed by atoms with E-state index in [9.17, 15) is 4.79 Å². The van der Waals surface area contributed by atoms with Crippen LogP contribution < -0.4 is 5.32 Å². The number of fused-ring (bicyclic) bond motifs is 1. The average molecular weight is 268 g/mol. The molecule has 1 heterocycles. The minimum Gasteiger partial charge on any atom is -0.322 e. The molecule has 0 aliphatic carbocycles. The predicted molar refractivity (Wildman–Crippen MR) is 78.8 cm³/mol. The fourth-order valence-corrected chi connectivity index (χ4v) is 2.72. The first-order valence-corrected chi connectivity index (χ1v) is 6.77. The molecule has 1 aromatic heterocycles. The first-order chi connectivity index (χ1) is 9.22. The van der Waals surface area contributed by atoms with Crippen LogP contribution in [-0.4, -0.2) is 10.9 Å². The van der Waals surface area contributed by atoms with Gasteiger partial charge in [0, 0.05) is 11.3 Å². The minimum absolute atomic E-state index is 0.112. The van der Waals surface area contributed by atoms with E-state index in [1.807, 2.05) is 55.5 Å². The van der Waals surface area contributed by atoms with Crippen LogP contribution in [0, 0.1) is 6.92 Å². The van der Waals surface area contributed by atoms with Crippen molar-refractivity contribution in [1.29, 1.82) is 0 Å². The molecule has 0 saturated carbocycles. The van der Waals surface area contributed by atoms with Crippen molar-refractivity contribution in [3.05, 3.63) is 59.1 Å². The molecule has 19 heavy (non-hydrogen) atoms. The number of carbonyl (C=O) groups excluding carboxylic acids is 1. The van der Waals surface area contributed by atoms with Crippen LogP contribution in [0.1, 0.15) is 15.4 Å². The van der Waals surface area contributed by atoms with Gasteiger partial charge in [-0.25, -0.2) is 4.98 Å². The second-order valence-corrected chi connectivity index (χ2v) is 5.47.